The van der Waals surface area contributed by atoms with Crippen molar-refractivity contribution in [2.45, 2.75) is 110 Å². The van der Waals surface area contributed by atoms with Gasteiger partial charge < -0.3 is 0 Å². The molecule has 0 fully saturated rings. The van der Waals surface area contributed by atoms with E-state index in [4.69, 9.17) is 0 Å². The molecule has 0 bridgehead atoms. The molecule has 0 radical (unpaired) electrons. The maximum atomic E-state index is 2.38. The van der Waals surface area contributed by atoms with Crippen LogP contribution in [-0.4, -0.2) is 18.4 Å². The van der Waals surface area contributed by atoms with Gasteiger partial charge in [-0.2, -0.15) is 0 Å². The quantitative estimate of drug-likeness (QED) is 0.219. The number of hydrogen-bond acceptors (Lipinski definition) is 0. The van der Waals surface area contributed by atoms with Crippen LogP contribution in [0.5, 0.6) is 0 Å². The second kappa shape index (κ2) is 13.8. The molecule has 0 aromatic carbocycles. The van der Waals surface area contributed by atoms with Crippen LogP contribution in [0, 0.1) is 0 Å². The van der Waals surface area contributed by atoms with Crippen LogP contribution in [-0.2, 0) is 0 Å². The van der Waals surface area contributed by atoms with E-state index in [1.807, 2.05) is 0 Å². The Morgan fingerprint density at radius 1 is 0.421 bits per heavy atom. The van der Waals surface area contributed by atoms with Crippen LogP contribution in [0.15, 0.2) is 0 Å². The van der Waals surface area contributed by atoms with Crippen LogP contribution in [0.4, 0.5) is 0 Å². The first-order valence-electron chi connectivity index (χ1n) is 9.24. The number of rotatable bonds is 14. The molecule has 0 spiro atoms. The zero-order chi connectivity index (χ0) is 14.4. The SMILES string of the molecule is CCCCC[CH2][Sn]([CH2]CCC)([CH2]CCC)[CH2]CCC. The predicted octanol–water partition coefficient (Wildman–Crippen LogP) is 7.42. The molecule has 0 saturated heterocycles. The molecule has 0 saturated carbocycles. The zero-order valence-electron chi connectivity index (χ0n) is 14.4. The van der Waals surface area contributed by atoms with Crippen LogP contribution in [0.3, 0.4) is 0 Å². The molecule has 0 atom stereocenters. The molecule has 116 valence electrons. The van der Waals surface area contributed by atoms with Gasteiger partial charge in [-0.1, -0.05) is 0 Å². The van der Waals surface area contributed by atoms with E-state index in [1.54, 1.807) is 24.2 Å². The van der Waals surface area contributed by atoms with Gasteiger partial charge in [0.1, 0.15) is 0 Å². The molecule has 0 aliphatic heterocycles. The Balaban J connectivity index is 4.38. The Labute approximate surface area is 128 Å². The molecule has 0 aromatic rings. The van der Waals surface area contributed by atoms with Gasteiger partial charge in [0.2, 0.25) is 0 Å². The van der Waals surface area contributed by atoms with E-state index in [1.165, 1.54) is 57.8 Å². The Morgan fingerprint density at radius 3 is 1.16 bits per heavy atom. The van der Waals surface area contributed by atoms with E-state index in [2.05, 4.69) is 27.7 Å². The van der Waals surface area contributed by atoms with Crippen LogP contribution in [0.25, 0.3) is 0 Å². The summed E-state index contributed by atoms with van der Waals surface area (Å²) in [6.45, 7) is 9.48. The van der Waals surface area contributed by atoms with Gasteiger partial charge in [0.15, 0.2) is 0 Å². The van der Waals surface area contributed by atoms with Gasteiger partial charge in [-0.3, -0.25) is 0 Å². The molecule has 0 N–H and O–H groups in total. The number of unbranched alkanes of at least 4 members (excludes halogenated alkanes) is 6. The number of hydrogen-bond donors (Lipinski definition) is 0. The van der Waals surface area contributed by atoms with Crippen LogP contribution in [0.1, 0.15) is 91.9 Å². The average Bonchev–Trinajstić information content (AvgIpc) is 2.44. The molecule has 0 aliphatic carbocycles. The fourth-order valence-corrected chi connectivity index (χ4v) is 19.9. The van der Waals surface area contributed by atoms with Crippen molar-refractivity contribution in [3.63, 3.8) is 0 Å². The molecular weight excluding hydrogens is 335 g/mol. The third-order valence-electron chi connectivity index (χ3n) is 4.74. The van der Waals surface area contributed by atoms with Gasteiger partial charge in [-0.25, -0.2) is 0 Å². The fourth-order valence-electron chi connectivity index (χ4n) is 3.33. The van der Waals surface area contributed by atoms with Crippen molar-refractivity contribution in [3.05, 3.63) is 0 Å². The summed E-state index contributed by atoms with van der Waals surface area (Å²) < 4.78 is 6.83. The van der Waals surface area contributed by atoms with Crippen molar-refractivity contribution in [1.29, 1.82) is 0 Å². The maximum absolute atomic E-state index is 2.38. The first kappa shape index (κ1) is 19.8. The van der Waals surface area contributed by atoms with Gasteiger partial charge >= 0.3 is 128 Å². The first-order valence-corrected chi connectivity index (χ1v) is 17.3. The van der Waals surface area contributed by atoms with Crippen molar-refractivity contribution >= 4 is 18.4 Å². The third kappa shape index (κ3) is 10.2. The predicted molar refractivity (Wildman–Crippen MR) is 93.8 cm³/mol. The van der Waals surface area contributed by atoms with Crippen molar-refractivity contribution < 1.29 is 0 Å². The standard InChI is InChI=1S/C6H13.3C4H9.Sn/c1-3-5-6-4-2;3*1-3-4-2;/h1,3-6H2,2H3;3*1,3-4H2,2H3;. The van der Waals surface area contributed by atoms with Gasteiger partial charge in [-0.05, 0) is 0 Å². The van der Waals surface area contributed by atoms with Gasteiger partial charge in [0.05, 0.1) is 0 Å². The zero-order valence-corrected chi connectivity index (χ0v) is 17.3. The molecule has 0 amide bonds. The van der Waals surface area contributed by atoms with E-state index >= 15 is 0 Å². The molecular formula is C18H40Sn. The summed E-state index contributed by atoms with van der Waals surface area (Å²) in [4.78, 5) is 0. The summed E-state index contributed by atoms with van der Waals surface area (Å²) in [5.74, 6) is 0. The van der Waals surface area contributed by atoms with E-state index in [0.717, 1.165) is 0 Å². The first-order chi connectivity index (χ1) is 9.24. The average molecular weight is 375 g/mol. The molecule has 0 rings (SSSR count). The summed E-state index contributed by atoms with van der Waals surface area (Å²) in [5.41, 5.74) is 0. The van der Waals surface area contributed by atoms with Gasteiger partial charge in [0.25, 0.3) is 0 Å². The van der Waals surface area contributed by atoms with Gasteiger partial charge in [0, 0.05) is 0 Å². The molecule has 19 heavy (non-hydrogen) atoms. The molecule has 1 heteroatoms. The summed E-state index contributed by atoms with van der Waals surface area (Å²) in [7, 11) is 0. The van der Waals surface area contributed by atoms with Crippen molar-refractivity contribution in [2.24, 2.45) is 0 Å². The Morgan fingerprint density at radius 2 is 0.789 bits per heavy atom. The second-order valence-electron chi connectivity index (χ2n) is 6.62. The second-order valence-corrected chi connectivity index (χ2v) is 20.9. The molecule has 0 nitrogen and oxygen atoms in total. The Bertz CT molecular complexity index is 155. The van der Waals surface area contributed by atoms with E-state index in [0.29, 0.717) is 0 Å². The molecule has 0 aliphatic rings. The molecule has 0 aromatic heterocycles. The minimum atomic E-state index is -1.73. The molecule has 0 heterocycles. The monoisotopic (exact) mass is 376 g/mol. The Kier molecular flexibility index (Phi) is 14.3. The van der Waals surface area contributed by atoms with Crippen molar-refractivity contribution in [2.75, 3.05) is 0 Å². The third-order valence-corrected chi connectivity index (χ3v) is 20.9. The minimum absolute atomic E-state index is 1.39. The van der Waals surface area contributed by atoms with Crippen molar-refractivity contribution in [1.82, 2.24) is 0 Å². The Hall–Kier alpha value is 0.799. The normalized spacial score (nSPS) is 12.0. The fraction of sp³-hybridized carbons (Fsp3) is 1.00. The van der Waals surface area contributed by atoms with E-state index < -0.39 is 18.4 Å². The molecule has 0 unspecified atom stereocenters. The van der Waals surface area contributed by atoms with Crippen LogP contribution >= 0.6 is 0 Å². The summed E-state index contributed by atoms with van der Waals surface area (Å²) in [5, 5.41) is 0. The topological polar surface area (TPSA) is 0 Å². The summed E-state index contributed by atoms with van der Waals surface area (Å²) in [6.07, 6.45) is 14.8. The van der Waals surface area contributed by atoms with E-state index in [-0.39, 0.29) is 0 Å². The van der Waals surface area contributed by atoms with Crippen LogP contribution in [0.2, 0.25) is 17.7 Å². The van der Waals surface area contributed by atoms with Gasteiger partial charge in [-0.15, -0.1) is 0 Å². The summed E-state index contributed by atoms with van der Waals surface area (Å²) in [6, 6.07) is 0. The summed E-state index contributed by atoms with van der Waals surface area (Å²) >= 11 is -1.73. The van der Waals surface area contributed by atoms with E-state index in [9.17, 15) is 0 Å². The van der Waals surface area contributed by atoms with Crippen LogP contribution < -0.4 is 0 Å². The van der Waals surface area contributed by atoms with Crippen molar-refractivity contribution in [3.8, 4) is 0 Å².